The van der Waals surface area contributed by atoms with Crippen molar-refractivity contribution < 1.29 is 18.3 Å². The van der Waals surface area contributed by atoms with Gasteiger partial charge in [-0.05, 0) is 32.6 Å². The molecule has 0 rings (SSSR count). The Kier molecular flexibility index (Phi) is 14.7. The van der Waals surface area contributed by atoms with E-state index in [2.05, 4.69) is 0 Å². The number of halogens is 2. The highest BCUT2D eigenvalue weighted by Gasteiger charge is 2.40. The summed E-state index contributed by atoms with van der Waals surface area (Å²) in [6.07, 6.45) is 2.62. The lowest BCUT2D eigenvalue weighted by Crippen LogP contribution is -2.41. The summed E-state index contributed by atoms with van der Waals surface area (Å²) < 4.78 is 30.4. The molecule has 0 aliphatic rings. The fourth-order valence-corrected chi connectivity index (χ4v) is 1.80. The Bertz CT molecular complexity index is 233. The van der Waals surface area contributed by atoms with Crippen LogP contribution in [0.4, 0.5) is 8.78 Å². The minimum atomic E-state index is -3.41. The molecule has 0 saturated carbocycles. The quantitative estimate of drug-likeness (QED) is 0.575. The summed E-state index contributed by atoms with van der Waals surface area (Å²) in [5.74, 6) is -4.74. The second-order valence-corrected chi connectivity index (χ2v) is 4.78. The van der Waals surface area contributed by atoms with Crippen LogP contribution in [0.2, 0.25) is 0 Å². The molecule has 0 aromatic rings. The van der Waals surface area contributed by atoms with Crippen LogP contribution in [0.15, 0.2) is 0 Å². The van der Waals surface area contributed by atoms with E-state index < -0.39 is 17.5 Å². The van der Waals surface area contributed by atoms with E-state index in [0.717, 1.165) is 19.3 Å². The van der Waals surface area contributed by atoms with E-state index >= 15 is 0 Å². The molecule has 0 aromatic carbocycles. The molecule has 2 nitrogen and oxygen atoms in total. The van der Waals surface area contributed by atoms with Gasteiger partial charge < -0.3 is 4.74 Å². The molecule has 0 aliphatic carbocycles. The molecule has 0 fully saturated rings. The Morgan fingerprint density at radius 3 is 1.70 bits per heavy atom. The van der Waals surface area contributed by atoms with Gasteiger partial charge in [0.15, 0.2) is 0 Å². The van der Waals surface area contributed by atoms with Crippen LogP contribution in [0.1, 0.15) is 81.6 Å². The Morgan fingerprint density at radius 1 is 1.05 bits per heavy atom. The van der Waals surface area contributed by atoms with E-state index in [1.807, 2.05) is 41.5 Å². The average Bonchev–Trinajstić information content (AvgIpc) is 2.38. The van der Waals surface area contributed by atoms with Crippen molar-refractivity contribution in [2.24, 2.45) is 5.92 Å². The third kappa shape index (κ3) is 10.2. The number of hydrogen-bond donors (Lipinski definition) is 0. The summed E-state index contributed by atoms with van der Waals surface area (Å²) in [6, 6.07) is 0. The van der Waals surface area contributed by atoms with Gasteiger partial charge in [-0.25, -0.2) is 4.79 Å². The van der Waals surface area contributed by atoms with Crippen molar-refractivity contribution in [2.45, 2.75) is 93.1 Å². The minimum Gasteiger partial charge on any atom is -0.455 e. The number of hydrogen-bond acceptors (Lipinski definition) is 2. The molecule has 0 amide bonds. The molecular formula is C16H34F2O2. The van der Waals surface area contributed by atoms with Gasteiger partial charge >= 0.3 is 11.9 Å². The lowest BCUT2D eigenvalue weighted by atomic mass is 9.85. The fourth-order valence-electron chi connectivity index (χ4n) is 1.80. The van der Waals surface area contributed by atoms with Crippen LogP contribution in [0.25, 0.3) is 0 Å². The van der Waals surface area contributed by atoms with Crippen molar-refractivity contribution in [1.29, 1.82) is 0 Å². The first-order chi connectivity index (χ1) is 9.15. The minimum absolute atomic E-state index is 0.115. The van der Waals surface area contributed by atoms with Crippen molar-refractivity contribution in [3.63, 3.8) is 0 Å². The van der Waals surface area contributed by atoms with E-state index in [-0.39, 0.29) is 5.92 Å². The van der Waals surface area contributed by atoms with Crippen LogP contribution in [-0.2, 0) is 9.53 Å². The highest BCUT2D eigenvalue weighted by atomic mass is 19.3. The number of ether oxygens (including phenoxy) is 1. The van der Waals surface area contributed by atoms with Gasteiger partial charge in [0.2, 0.25) is 0 Å². The van der Waals surface area contributed by atoms with E-state index in [1.165, 1.54) is 0 Å². The Morgan fingerprint density at radius 2 is 1.45 bits per heavy atom. The second-order valence-electron chi connectivity index (χ2n) is 4.78. The molecule has 0 N–H and O–H groups in total. The van der Waals surface area contributed by atoms with Crippen LogP contribution in [0.3, 0.4) is 0 Å². The van der Waals surface area contributed by atoms with E-state index in [1.54, 1.807) is 13.8 Å². The summed E-state index contributed by atoms with van der Waals surface area (Å²) in [4.78, 5) is 11.1. The smallest absolute Gasteiger partial charge is 0.377 e. The molecule has 0 aromatic heterocycles. The molecule has 0 heterocycles. The lowest BCUT2D eigenvalue weighted by Gasteiger charge is -2.34. The SMILES string of the molecule is CC.CC.CCCC(CC)C(C)(C)OC(=O)C(C)(F)F. The van der Waals surface area contributed by atoms with Gasteiger partial charge in [-0.15, -0.1) is 0 Å². The maximum absolute atomic E-state index is 12.7. The van der Waals surface area contributed by atoms with E-state index in [9.17, 15) is 13.6 Å². The van der Waals surface area contributed by atoms with Crippen LogP contribution in [-0.4, -0.2) is 17.5 Å². The van der Waals surface area contributed by atoms with Crippen molar-refractivity contribution in [3.05, 3.63) is 0 Å². The van der Waals surface area contributed by atoms with Crippen LogP contribution >= 0.6 is 0 Å². The van der Waals surface area contributed by atoms with Crippen LogP contribution in [0.5, 0.6) is 0 Å². The number of rotatable bonds is 6. The summed E-state index contributed by atoms with van der Waals surface area (Å²) >= 11 is 0. The number of carbonyl (C=O) groups excluding carboxylic acids is 1. The van der Waals surface area contributed by atoms with Crippen molar-refractivity contribution in [2.75, 3.05) is 0 Å². The van der Waals surface area contributed by atoms with Gasteiger partial charge in [0.1, 0.15) is 5.60 Å². The van der Waals surface area contributed by atoms with Crippen LogP contribution < -0.4 is 0 Å². The molecule has 1 atom stereocenters. The third-order valence-corrected chi connectivity index (χ3v) is 2.83. The van der Waals surface area contributed by atoms with Gasteiger partial charge in [0.05, 0.1) is 0 Å². The normalized spacial score (nSPS) is 12.3. The summed E-state index contributed by atoms with van der Waals surface area (Å²) in [5, 5.41) is 0. The fraction of sp³-hybridized carbons (Fsp3) is 0.938. The average molecular weight is 296 g/mol. The monoisotopic (exact) mass is 296 g/mol. The first-order valence-corrected chi connectivity index (χ1v) is 7.76. The number of alkyl halides is 2. The second kappa shape index (κ2) is 12.1. The zero-order chi connectivity index (χ0) is 17.0. The molecule has 20 heavy (non-hydrogen) atoms. The highest BCUT2D eigenvalue weighted by molar-refractivity contribution is 5.77. The van der Waals surface area contributed by atoms with Gasteiger partial charge in [0.25, 0.3) is 0 Å². The predicted molar refractivity (Wildman–Crippen MR) is 82.2 cm³/mol. The van der Waals surface area contributed by atoms with E-state index in [0.29, 0.717) is 6.92 Å². The molecule has 4 heteroatoms. The van der Waals surface area contributed by atoms with Gasteiger partial charge in [-0.1, -0.05) is 48.0 Å². The first kappa shape index (κ1) is 24.4. The molecule has 0 bridgehead atoms. The lowest BCUT2D eigenvalue weighted by molar-refractivity contribution is -0.187. The molecule has 124 valence electrons. The summed E-state index contributed by atoms with van der Waals surface area (Å²) in [5.41, 5.74) is -0.832. The molecule has 0 radical (unpaired) electrons. The third-order valence-electron chi connectivity index (χ3n) is 2.83. The zero-order valence-corrected chi connectivity index (χ0v) is 14.8. The standard InChI is InChI=1S/C12H22F2O2.2C2H6/c1-6-8-9(7-2)11(3,4)16-10(15)12(5,13)14;2*1-2/h9H,6-8H2,1-5H3;2*1-2H3. The Labute approximate surface area is 124 Å². The van der Waals surface area contributed by atoms with Gasteiger partial charge in [-0.2, -0.15) is 8.78 Å². The van der Waals surface area contributed by atoms with Crippen molar-refractivity contribution in [1.82, 2.24) is 0 Å². The maximum Gasteiger partial charge on any atom is 0.377 e. The van der Waals surface area contributed by atoms with Gasteiger partial charge in [-0.3, -0.25) is 0 Å². The number of esters is 1. The Hall–Kier alpha value is -0.670. The molecule has 1 unspecified atom stereocenters. The van der Waals surface area contributed by atoms with Crippen LogP contribution in [0, 0.1) is 5.92 Å². The van der Waals surface area contributed by atoms with E-state index in [4.69, 9.17) is 4.74 Å². The summed E-state index contributed by atoms with van der Waals surface area (Å²) in [7, 11) is 0. The maximum atomic E-state index is 12.7. The largest absolute Gasteiger partial charge is 0.455 e. The number of carbonyl (C=O) groups is 1. The first-order valence-electron chi connectivity index (χ1n) is 7.76. The predicted octanol–water partition coefficient (Wildman–Crippen LogP) is 5.84. The topological polar surface area (TPSA) is 26.3 Å². The molecule has 0 spiro atoms. The van der Waals surface area contributed by atoms with Gasteiger partial charge in [0, 0.05) is 6.92 Å². The highest BCUT2D eigenvalue weighted by Crippen LogP contribution is 2.30. The Balaban J connectivity index is -0.000000656. The summed E-state index contributed by atoms with van der Waals surface area (Å²) in [6.45, 7) is 15.9. The van der Waals surface area contributed by atoms with Crippen molar-refractivity contribution >= 4 is 5.97 Å². The molecular weight excluding hydrogens is 262 g/mol. The van der Waals surface area contributed by atoms with Crippen molar-refractivity contribution in [3.8, 4) is 0 Å². The molecule has 0 aliphatic heterocycles. The zero-order valence-electron chi connectivity index (χ0n) is 14.8. The molecule has 0 saturated heterocycles.